The fourth-order valence-corrected chi connectivity index (χ4v) is 5.19. The second-order valence-electron chi connectivity index (χ2n) is 2.96. The van der Waals surface area contributed by atoms with Crippen molar-refractivity contribution in [3.8, 4) is 0 Å². The Hall–Kier alpha value is -0.770. The number of hydrogen-bond acceptors (Lipinski definition) is 2. The topological polar surface area (TPSA) is 0 Å². The molecule has 0 nitrogen and oxygen atoms in total. The van der Waals surface area contributed by atoms with Crippen LogP contribution in [-0.4, -0.2) is 0 Å². The summed E-state index contributed by atoms with van der Waals surface area (Å²) in [6.07, 6.45) is 3.91. The molecule has 0 spiro atoms. The molecule has 0 saturated heterocycles. The van der Waals surface area contributed by atoms with Crippen LogP contribution in [0, 0.1) is 13.6 Å². The molecule has 0 aliphatic carbocycles. The van der Waals surface area contributed by atoms with Gasteiger partial charge in [-0.2, -0.15) is 0 Å². The van der Waals surface area contributed by atoms with Gasteiger partial charge in [-0.05, 0) is 11.5 Å². The van der Waals surface area contributed by atoms with E-state index in [0.29, 0.717) is 0 Å². The van der Waals surface area contributed by atoms with E-state index >= 15 is 0 Å². The summed E-state index contributed by atoms with van der Waals surface area (Å²) in [6.45, 7) is 3.72. The zero-order valence-electron chi connectivity index (χ0n) is 7.32. The molecule has 2 aromatic heterocycles. The van der Waals surface area contributed by atoms with Gasteiger partial charge in [0.1, 0.15) is 9.06 Å². The predicted molar refractivity (Wildman–Crippen MR) is 65.1 cm³/mol. The highest BCUT2D eigenvalue weighted by Crippen LogP contribution is 2.19. The van der Waals surface area contributed by atoms with Gasteiger partial charge in [0.05, 0.1) is 0 Å². The standard InChI is InChI=1S/C11H7S3/c1-2-3-7-6-9-11(13-7)10-8(14-9)4-5-12-10/h2-6H,1H2/q+1/b7-3-. The number of fused-ring (bicyclic) bond motifs is 2. The van der Waals surface area contributed by atoms with Crippen molar-refractivity contribution in [1.82, 2.24) is 0 Å². The minimum absolute atomic E-state index is 1.30. The molecule has 0 atom stereocenters. The highest BCUT2D eigenvalue weighted by atomic mass is 32.1. The largest absolute Gasteiger partial charge is 0.251 e. The monoisotopic (exact) mass is 235 g/mol. The minimum atomic E-state index is 1.30. The van der Waals surface area contributed by atoms with Crippen molar-refractivity contribution >= 4 is 40.1 Å². The van der Waals surface area contributed by atoms with E-state index in [1.54, 1.807) is 0 Å². The number of allylic oxidation sites excluding steroid dienone is 1. The lowest BCUT2D eigenvalue weighted by atomic mass is 10.5. The predicted octanol–water partition coefficient (Wildman–Crippen LogP) is 2.77. The molecule has 1 aliphatic heterocycles. The fraction of sp³-hybridized carbons (Fsp3) is 0. The van der Waals surface area contributed by atoms with Crippen molar-refractivity contribution in [2.24, 2.45) is 0 Å². The first-order valence-corrected chi connectivity index (χ1v) is 6.75. The highest BCUT2D eigenvalue weighted by Gasteiger charge is 2.18. The van der Waals surface area contributed by atoms with E-state index in [2.05, 4.69) is 30.2 Å². The maximum atomic E-state index is 3.72. The smallest absolute Gasteiger partial charge is 0.137 e. The summed E-state index contributed by atoms with van der Waals surface area (Å²) < 4.78 is 5.60. The molecule has 3 heteroatoms. The van der Waals surface area contributed by atoms with Crippen LogP contribution in [0.5, 0.6) is 0 Å². The van der Waals surface area contributed by atoms with Gasteiger partial charge in [0.25, 0.3) is 9.41 Å². The van der Waals surface area contributed by atoms with Crippen LogP contribution >= 0.6 is 22.7 Å². The molecule has 0 fully saturated rings. The van der Waals surface area contributed by atoms with Crippen LogP contribution in [0.25, 0.3) is 6.08 Å². The van der Waals surface area contributed by atoms with Crippen LogP contribution in [-0.2, 0) is 11.4 Å². The lowest BCUT2D eigenvalue weighted by Gasteiger charge is -1.66. The van der Waals surface area contributed by atoms with Crippen LogP contribution in [0.2, 0.25) is 0 Å². The summed E-state index contributed by atoms with van der Waals surface area (Å²) in [5.74, 6) is 0. The second-order valence-corrected chi connectivity index (χ2v) is 6.04. The second kappa shape index (κ2) is 3.12. The number of thiophene rings is 2. The summed E-state index contributed by atoms with van der Waals surface area (Å²) in [5.41, 5.74) is 0. The zero-order valence-corrected chi connectivity index (χ0v) is 9.77. The van der Waals surface area contributed by atoms with Crippen LogP contribution in [0.3, 0.4) is 0 Å². The Kier molecular flexibility index (Phi) is 1.90. The van der Waals surface area contributed by atoms with Crippen molar-refractivity contribution in [3.05, 3.63) is 48.3 Å². The molecule has 2 aromatic rings. The third-order valence-electron chi connectivity index (χ3n) is 2.05. The number of hydrogen-bond donors (Lipinski definition) is 0. The molecule has 0 aromatic carbocycles. The quantitative estimate of drug-likeness (QED) is 0.449. The molecule has 0 amide bonds. The Bertz CT molecular complexity index is 701. The van der Waals surface area contributed by atoms with Crippen molar-refractivity contribution in [1.29, 1.82) is 0 Å². The van der Waals surface area contributed by atoms with Gasteiger partial charge < -0.3 is 0 Å². The van der Waals surface area contributed by atoms with Crippen molar-refractivity contribution in [3.63, 3.8) is 0 Å². The zero-order chi connectivity index (χ0) is 9.54. The molecule has 3 heterocycles. The van der Waals surface area contributed by atoms with Gasteiger partial charge in [-0.3, -0.25) is 0 Å². The Morgan fingerprint density at radius 2 is 2.29 bits per heavy atom. The van der Waals surface area contributed by atoms with Crippen molar-refractivity contribution < 1.29 is 0 Å². The minimum Gasteiger partial charge on any atom is -0.137 e. The van der Waals surface area contributed by atoms with Gasteiger partial charge in [0.15, 0.2) is 0 Å². The van der Waals surface area contributed by atoms with Gasteiger partial charge in [-0.1, -0.05) is 12.7 Å². The Balaban J connectivity index is 2.53. The van der Waals surface area contributed by atoms with Gasteiger partial charge in [0, 0.05) is 16.7 Å². The van der Waals surface area contributed by atoms with E-state index in [1.165, 1.54) is 23.0 Å². The molecule has 0 unspecified atom stereocenters. The average Bonchev–Trinajstić information content (AvgIpc) is 2.75. The maximum absolute atomic E-state index is 3.72. The summed E-state index contributed by atoms with van der Waals surface area (Å²) in [6, 6.07) is 4.45. The molecule has 0 N–H and O–H groups in total. The first kappa shape index (κ1) is 8.53. The summed E-state index contributed by atoms with van der Waals surface area (Å²) in [4.78, 5) is 1.41. The Morgan fingerprint density at radius 1 is 1.36 bits per heavy atom. The van der Waals surface area contributed by atoms with E-state index < -0.39 is 0 Å². The van der Waals surface area contributed by atoms with Crippen LogP contribution in [0.4, 0.5) is 0 Å². The molecule has 0 bridgehead atoms. The molecule has 14 heavy (non-hydrogen) atoms. The van der Waals surface area contributed by atoms with Crippen LogP contribution < -0.4 is 4.53 Å². The molecule has 1 aliphatic rings. The molecule has 0 radical (unpaired) electrons. The maximum Gasteiger partial charge on any atom is 0.251 e. The average molecular weight is 235 g/mol. The van der Waals surface area contributed by atoms with Crippen molar-refractivity contribution in [2.75, 3.05) is 0 Å². The first-order chi connectivity index (χ1) is 6.88. The van der Waals surface area contributed by atoms with E-state index in [0.717, 1.165) is 0 Å². The van der Waals surface area contributed by atoms with Gasteiger partial charge >= 0.3 is 0 Å². The van der Waals surface area contributed by atoms with E-state index in [4.69, 9.17) is 0 Å². The molecular weight excluding hydrogens is 228 g/mol. The summed E-state index contributed by atoms with van der Waals surface area (Å²) in [7, 11) is 0. The lowest BCUT2D eigenvalue weighted by Crippen LogP contribution is -1.85. The van der Waals surface area contributed by atoms with Gasteiger partial charge in [0.2, 0.25) is 11.4 Å². The SMILES string of the molecule is C=C/C=c1/cc2c(s1)=c1sccc1=[S+]2. The van der Waals surface area contributed by atoms with Gasteiger partial charge in [-0.25, -0.2) is 0 Å². The molecular formula is C11H7S3+. The van der Waals surface area contributed by atoms with Crippen LogP contribution in [0.15, 0.2) is 35.1 Å². The molecule has 68 valence electrons. The highest BCUT2D eigenvalue weighted by molar-refractivity contribution is 7.70. The number of rotatable bonds is 1. The van der Waals surface area contributed by atoms with E-state index in [9.17, 15) is 0 Å². The lowest BCUT2D eigenvalue weighted by molar-refractivity contribution is 1.52. The third kappa shape index (κ3) is 1.13. The van der Waals surface area contributed by atoms with Gasteiger partial charge in [-0.15, -0.1) is 22.7 Å². The van der Waals surface area contributed by atoms with E-state index in [-0.39, 0.29) is 0 Å². The normalized spacial score (nSPS) is 13.6. The van der Waals surface area contributed by atoms with Crippen LogP contribution in [0.1, 0.15) is 0 Å². The molecule has 0 saturated carbocycles. The van der Waals surface area contributed by atoms with E-state index in [1.807, 2.05) is 40.1 Å². The molecule has 3 rings (SSSR count). The summed E-state index contributed by atoms with van der Waals surface area (Å²) >= 11 is 5.57. The Morgan fingerprint density at radius 3 is 3.14 bits per heavy atom. The summed E-state index contributed by atoms with van der Waals surface area (Å²) in [5, 5.41) is 2.16. The third-order valence-corrected chi connectivity index (χ3v) is 5.59. The Labute approximate surface area is 93.1 Å². The van der Waals surface area contributed by atoms with Crippen molar-refractivity contribution in [2.45, 2.75) is 4.90 Å². The first-order valence-electron chi connectivity index (χ1n) is 4.24. The fourth-order valence-electron chi connectivity index (χ4n) is 1.49.